The van der Waals surface area contributed by atoms with Gasteiger partial charge in [0.25, 0.3) is 15.2 Å². The van der Waals surface area contributed by atoms with E-state index in [0.717, 1.165) is 47.6 Å². The quantitative estimate of drug-likeness (QED) is 0.270. The predicted molar refractivity (Wildman–Crippen MR) is 141 cm³/mol. The number of nitrogens with zero attached hydrogens (tertiary/aromatic N) is 4. The average Bonchev–Trinajstić information content (AvgIpc) is 2.78. The van der Waals surface area contributed by atoms with Gasteiger partial charge < -0.3 is 0 Å². The van der Waals surface area contributed by atoms with Crippen molar-refractivity contribution in [3.63, 3.8) is 0 Å². The Morgan fingerprint density at radius 2 is 1.26 bits per heavy atom. The zero-order chi connectivity index (χ0) is 22.0. The SMILES string of the molecule is [CH3][Al][c]1cc(-c2cccc(-c3cccc(-c4c[c]([Al]([CH3])[I])n[c]([Al])n4)c3)c2)n[c]([Al])n1. The van der Waals surface area contributed by atoms with Gasteiger partial charge in [0, 0.05) is 20.5 Å². The van der Waals surface area contributed by atoms with Crippen molar-refractivity contribution in [3.8, 4) is 33.6 Å². The van der Waals surface area contributed by atoms with E-state index < -0.39 is 10.9 Å². The molecule has 9 heteroatoms. The van der Waals surface area contributed by atoms with Gasteiger partial charge in [-0.05, 0) is 44.5 Å². The second kappa shape index (κ2) is 10.6. The number of rotatable bonds is 5. The molecule has 0 spiro atoms. The third-order valence-corrected chi connectivity index (χ3v) is 9.31. The van der Waals surface area contributed by atoms with Gasteiger partial charge in [-0.2, -0.15) is 20.3 Å². The highest BCUT2D eigenvalue weighted by Crippen LogP contribution is 2.28. The van der Waals surface area contributed by atoms with E-state index in [1.54, 1.807) is 0 Å². The summed E-state index contributed by atoms with van der Waals surface area (Å²) in [5, 5.41) is 0. The van der Waals surface area contributed by atoms with E-state index in [1.807, 2.05) is 0 Å². The highest BCUT2D eigenvalue weighted by molar-refractivity contribution is 14.1. The molecule has 4 nitrogen and oxygen atoms in total. The second-order valence-electron chi connectivity index (χ2n) is 7.14. The molecule has 0 saturated carbocycles. The van der Waals surface area contributed by atoms with E-state index in [2.05, 4.69) is 145 Å². The van der Waals surface area contributed by atoms with Crippen molar-refractivity contribution < 1.29 is 0 Å². The van der Waals surface area contributed by atoms with Crippen molar-refractivity contribution in [1.29, 1.82) is 0 Å². The molecule has 0 fully saturated rings. The van der Waals surface area contributed by atoms with Crippen LogP contribution in [0.25, 0.3) is 33.6 Å². The summed E-state index contributed by atoms with van der Waals surface area (Å²) in [5.41, 5.74) is 6.47. The van der Waals surface area contributed by atoms with Gasteiger partial charge in [0.15, 0.2) is 0 Å². The Bertz CT molecular complexity index is 1250. The van der Waals surface area contributed by atoms with Crippen LogP contribution in [-0.2, 0) is 0 Å². The second-order valence-corrected chi connectivity index (χ2v) is 16.8. The molecule has 0 unspecified atom stereocenters. The van der Waals surface area contributed by atoms with Crippen LogP contribution >= 0.6 is 20.3 Å². The summed E-state index contributed by atoms with van der Waals surface area (Å²) in [4.78, 5) is 18.4. The molecule has 0 aliphatic heterocycles. The molecule has 4 rings (SSSR count). The van der Waals surface area contributed by atoms with E-state index in [0.29, 0.717) is 0 Å². The summed E-state index contributed by atoms with van der Waals surface area (Å²) in [6.07, 6.45) is 0. The largest absolute Gasteiger partial charge is 0.422 e. The third kappa shape index (κ3) is 5.88. The van der Waals surface area contributed by atoms with Crippen LogP contribution in [0.4, 0.5) is 0 Å². The Morgan fingerprint density at radius 3 is 1.81 bits per heavy atom. The smallest absolute Gasteiger partial charge is 0.280 e. The Labute approximate surface area is 221 Å². The van der Waals surface area contributed by atoms with E-state index in [9.17, 15) is 0 Å². The van der Waals surface area contributed by atoms with Crippen molar-refractivity contribution in [2.75, 3.05) is 0 Å². The van der Waals surface area contributed by atoms with Crippen molar-refractivity contribution in [2.45, 2.75) is 11.6 Å². The first-order chi connectivity index (χ1) is 14.9. The molecular formula is C22H16Al4IN4. The number of halogens is 1. The van der Waals surface area contributed by atoms with E-state index >= 15 is 0 Å². The van der Waals surface area contributed by atoms with Crippen LogP contribution in [0.5, 0.6) is 0 Å². The monoisotopic (exact) mass is 571 g/mol. The van der Waals surface area contributed by atoms with Crippen molar-refractivity contribution in [1.82, 2.24) is 19.9 Å². The topological polar surface area (TPSA) is 51.6 Å². The molecule has 5 radical (unpaired) electrons. The summed E-state index contributed by atoms with van der Waals surface area (Å²) in [5.74, 6) is 4.47. The highest BCUT2D eigenvalue weighted by Gasteiger charge is 2.14. The predicted octanol–water partition coefficient (Wildman–Crippen LogP) is 1.50. The molecule has 4 aromatic rings. The molecule has 0 N–H and O–H groups in total. The first-order valence-electron chi connectivity index (χ1n) is 9.86. The van der Waals surface area contributed by atoms with E-state index in [1.165, 1.54) is 4.56 Å². The van der Waals surface area contributed by atoms with Crippen LogP contribution < -0.4 is 18.5 Å². The minimum Gasteiger partial charge on any atom is -0.280 e. The van der Waals surface area contributed by atoms with Crippen molar-refractivity contribution in [3.05, 3.63) is 60.7 Å². The average molecular weight is 571 g/mol. The fourth-order valence-corrected chi connectivity index (χ4v) is 6.45. The Kier molecular flexibility index (Phi) is 8.07. The molecule has 2 heterocycles. The summed E-state index contributed by atoms with van der Waals surface area (Å²) >= 11 is 7.94. The van der Waals surface area contributed by atoms with Gasteiger partial charge in [-0.1, -0.05) is 42.2 Å². The number of aromatic nitrogens is 4. The molecule has 0 aliphatic carbocycles. The molecular weight excluding hydrogens is 555 g/mol. The van der Waals surface area contributed by atoms with Crippen LogP contribution in [0, 0.1) is 0 Å². The van der Waals surface area contributed by atoms with Gasteiger partial charge in [0.2, 0.25) is 32.6 Å². The first kappa shape index (κ1) is 23.6. The maximum atomic E-state index is 4.67. The lowest BCUT2D eigenvalue weighted by atomic mass is 9.99. The Morgan fingerprint density at radius 1 is 0.742 bits per heavy atom. The van der Waals surface area contributed by atoms with Gasteiger partial charge >= 0.3 is 10.9 Å². The van der Waals surface area contributed by atoms with E-state index in [4.69, 9.17) is 0 Å². The van der Waals surface area contributed by atoms with Gasteiger partial charge in [-0.3, -0.25) is 19.9 Å². The lowest BCUT2D eigenvalue weighted by Crippen LogP contribution is -2.32. The lowest BCUT2D eigenvalue weighted by Gasteiger charge is -2.11. The molecule has 0 amide bonds. The zero-order valence-corrected chi connectivity index (χ0v) is 24.0. The maximum absolute atomic E-state index is 4.67. The van der Waals surface area contributed by atoms with Crippen LogP contribution in [0.2, 0.25) is 11.6 Å². The zero-order valence-electron chi connectivity index (χ0n) is 17.2. The Balaban J connectivity index is 1.74. The molecule has 0 saturated heterocycles. The molecule has 0 aliphatic rings. The van der Waals surface area contributed by atoms with Crippen molar-refractivity contribution in [2.24, 2.45) is 0 Å². The minimum atomic E-state index is -1.04. The minimum absolute atomic E-state index is 0.150. The van der Waals surface area contributed by atoms with Gasteiger partial charge in [0.05, 0.1) is 11.4 Å². The molecule has 2 aromatic heterocycles. The van der Waals surface area contributed by atoms with Crippen LogP contribution in [0.3, 0.4) is 0 Å². The Hall–Kier alpha value is -0.540. The fraction of sp³-hybridized carbons (Fsp3) is 0.0909. The molecule has 31 heavy (non-hydrogen) atoms. The lowest BCUT2D eigenvalue weighted by molar-refractivity contribution is 1.27. The number of hydrogen-bond acceptors (Lipinski definition) is 4. The van der Waals surface area contributed by atoms with E-state index in [-0.39, 0.29) is 15.2 Å². The van der Waals surface area contributed by atoms with Crippen LogP contribution in [-0.4, -0.2) is 78.6 Å². The number of hydrogen-bond donors (Lipinski definition) is 0. The van der Waals surface area contributed by atoms with Crippen LogP contribution in [0.15, 0.2) is 60.7 Å². The molecule has 143 valence electrons. The van der Waals surface area contributed by atoms with Gasteiger partial charge in [-0.25, -0.2) is 0 Å². The summed E-state index contributed by atoms with van der Waals surface area (Å²) in [6.45, 7) is 0. The maximum Gasteiger partial charge on any atom is 0.422 e. The molecule has 2 aromatic carbocycles. The summed E-state index contributed by atoms with van der Waals surface area (Å²) in [7, 11) is -1.04. The highest BCUT2D eigenvalue weighted by atomic mass is 127. The fourth-order valence-electron chi connectivity index (χ4n) is 3.33. The van der Waals surface area contributed by atoms with Gasteiger partial charge in [0.1, 0.15) is 0 Å². The standard InChI is InChI=1S/C20H10N4.2CH3.4Al.HI/c1-3-15(11-17(5-1)19-7-9-21-13-23-19)16-4-2-6-18(12-16)20-8-10-22-14-24-20;;;;;;;/h1-8,11-12H;2*1H3;;;;;1H/q;;;;;;+1;/p-1. The summed E-state index contributed by atoms with van der Waals surface area (Å²) in [6, 6.07) is 21.4. The van der Waals surface area contributed by atoms with Gasteiger partial charge in [-0.15, -0.1) is 5.79 Å². The van der Waals surface area contributed by atoms with Crippen molar-refractivity contribution >= 4 is 97.4 Å². The van der Waals surface area contributed by atoms with Crippen LogP contribution in [0.1, 0.15) is 0 Å². The first-order valence-corrected chi connectivity index (χ1v) is 18.7. The summed E-state index contributed by atoms with van der Waals surface area (Å²) < 4.78 is 3.80. The number of benzene rings is 2. The molecule has 0 atom stereocenters. The molecule has 0 bridgehead atoms. The third-order valence-electron chi connectivity index (χ3n) is 4.88. The normalized spacial score (nSPS) is 10.7.